The van der Waals surface area contributed by atoms with E-state index < -0.39 is 0 Å². The standard InChI is InChI=1S/C15H14Cl2OS/c16-12-4-6-15(7-5-12)19-10-14(18)9-11-2-1-3-13(17)8-11/h1-8,14,18H,9-10H2. The van der Waals surface area contributed by atoms with Gasteiger partial charge in [-0.3, -0.25) is 0 Å². The van der Waals surface area contributed by atoms with Gasteiger partial charge in [-0.05, 0) is 48.4 Å². The molecule has 0 aliphatic carbocycles. The predicted molar refractivity (Wildman–Crippen MR) is 83.3 cm³/mol. The van der Waals surface area contributed by atoms with E-state index in [1.165, 1.54) is 0 Å². The highest BCUT2D eigenvalue weighted by molar-refractivity contribution is 7.99. The van der Waals surface area contributed by atoms with Gasteiger partial charge in [0.2, 0.25) is 0 Å². The maximum atomic E-state index is 10.0. The molecule has 1 unspecified atom stereocenters. The molecule has 2 rings (SSSR count). The maximum Gasteiger partial charge on any atom is 0.0674 e. The highest BCUT2D eigenvalue weighted by atomic mass is 35.5. The summed E-state index contributed by atoms with van der Waals surface area (Å²) in [5.74, 6) is 0.647. The Bertz CT molecular complexity index is 528. The third-order valence-electron chi connectivity index (χ3n) is 2.62. The first-order valence-corrected chi connectivity index (χ1v) is 7.68. The second kappa shape index (κ2) is 7.20. The van der Waals surface area contributed by atoms with E-state index in [1.807, 2.05) is 48.5 Å². The summed E-state index contributed by atoms with van der Waals surface area (Å²) >= 11 is 13.4. The van der Waals surface area contributed by atoms with Gasteiger partial charge in [0.15, 0.2) is 0 Å². The average Bonchev–Trinajstić information content (AvgIpc) is 2.38. The van der Waals surface area contributed by atoms with Crippen molar-refractivity contribution in [3.05, 3.63) is 64.1 Å². The molecule has 2 aromatic carbocycles. The molecule has 0 bridgehead atoms. The van der Waals surface area contributed by atoms with Gasteiger partial charge in [-0.25, -0.2) is 0 Å². The first-order valence-electron chi connectivity index (χ1n) is 5.94. The molecule has 0 spiro atoms. The van der Waals surface area contributed by atoms with E-state index in [1.54, 1.807) is 11.8 Å². The number of hydrogen-bond donors (Lipinski definition) is 1. The Hall–Kier alpha value is -0.670. The van der Waals surface area contributed by atoms with Crippen LogP contribution in [0.15, 0.2) is 53.4 Å². The Morgan fingerprint density at radius 3 is 2.42 bits per heavy atom. The van der Waals surface area contributed by atoms with E-state index in [0.29, 0.717) is 17.2 Å². The van der Waals surface area contributed by atoms with Crippen LogP contribution in [-0.2, 0) is 6.42 Å². The van der Waals surface area contributed by atoms with Gasteiger partial charge in [-0.15, -0.1) is 11.8 Å². The average molecular weight is 313 g/mol. The van der Waals surface area contributed by atoms with Crippen molar-refractivity contribution in [1.29, 1.82) is 0 Å². The molecular weight excluding hydrogens is 299 g/mol. The molecule has 0 radical (unpaired) electrons. The molecule has 100 valence electrons. The number of hydrogen-bond acceptors (Lipinski definition) is 2. The van der Waals surface area contributed by atoms with E-state index >= 15 is 0 Å². The minimum absolute atomic E-state index is 0.390. The van der Waals surface area contributed by atoms with Gasteiger partial charge in [0.25, 0.3) is 0 Å². The number of aliphatic hydroxyl groups excluding tert-OH is 1. The molecule has 0 fully saturated rings. The molecule has 0 heterocycles. The van der Waals surface area contributed by atoms with Crippen molar-refractivity contribution in [2.45, 2.75) is 17.4 Å². The van der Waals surface area contributed by atoms with Crippen molar-refractivity contribution in [2.24, 2.45) is 0 Å². The predicted octanol–water partition coefficient (Wildman–Crippen LogP) is 4.69. The fraction of sp³-hybridized carbons (Fsp3) is 0.200. The highest BCUT2D eigenvalue weighted by Crippen LogP contribution is 2.22. The van der Waals surface area contributed by atoms with E-state index in [4.69, 9.17) is 23.2 Å². The third-order valence-corrected chi connectivity index (χ3v) is 4.26. The Morgan fingerprint density at radius 2 is 1.74 bits per heavy atom. The minimum atomic E-state index is -0.390. The lowest BCUT2D eigenvalue weighted by Crippen LogP contribution is -2.13. The number of benzene rings is 2. The first-order chi connectivity index (χ1) is 9.13. The van der Waals surface area contributed by atoms with Gasteiger partial charge >= 0.3 is 0 Å². The lowest BCUT2D eigenvalue weighted by Gasteiger charge is -2.10. The molecule has 19 heavy (non-hydrogen) atoms. The molecule has 0 aromatic heterocycles. The van der Waals surface area contributed by atoms with Gasteiger partial charge in [-0.2, -0.15) is 0 Å². The summed E-state index contributed by atoms with van der Waals surface area (Å²) in [4.78, 5) is 1.11. The van der Waals surface area contributed by atoms with Crippen LogP contribution in [0.5, 0.6) is 0 Å². The molecule has 0 saturated heterocycles. The molecular formula is C15H14Cl2OS. The minimum Gasteiger partial charge on any atom is -0.392 e. The SMILES string of the molecule is OC(CSc1ccc(Cl)cc1)Cc1cccc(Cl)c1. The second-order valence-corrected chi connectivity index (χ2v) is 6.22. The monoisotopic (exact) mass is 312 g/mol. The zero-order valence-electron chi connectivity index (χ0n) is 10.2. The molecule has 1 N–H and O–H groups in total. The summed E-state index contributed by atoms with van der Waals surface area (Å²) in [6.07, 6.45) is 0.223. The molecule has 1 nitrogen and oxygen atoms in total. The zero-order valence-corrected chi connectivity index (χ0v) is 12.6. The highest BCUT2D eigenvalue weighted by Gasteiger charge is 2.07. The lowest BCUT2D eigenvalue weighted by molar-refractivity contribution is 0.200. The molecule has 0 aliphatic rings. The third kappa shape index (κ3) is 5.07. The molecule has 0 amide bonds. The van der Waals surface area contributed by atoms with Crippen molar-refractivity contribution in [3.8, 4) is 0 Å². The van der Waals surface area contributed by atoms with Crippen LogP contribution in [0.3, 0.4) is 0 Å². The molecule has 1 atom stereocenters. The Kier molecular flexibility index (Phi) is 5.59. The van der Waals surface area contributed by atoms with Crippen molar-refractivity contribution >= 4 is 35.0 Å². The van der Waals surface area contributed by atoms with Crippen molar-refractivity contribution in [1.82, 2.24) is 0 Å². The number of aliphatic hydroxyl groups is 1. The van der Waals surface area contributed by atoms with Gasteiger partial charge in [0.05, 0.1) is 6.10 Å². The fourth-order valence-corrected chi connectivity index (χ4v) is 2.89. The van der Waals surface area contributed by atoms with Crippen LogP contribution in [0, 0.1) is 0 Å². The van der Waals surface area contributed by atoms with Crippen molar-refractivity contribution in [3.63, 3.8) is 0 Å². The Morgan fingerprint density at radius 1 is 1.00 bits per heavy atom. The second-order valence-electron chi connectivity index (χ2n) is 4.25. The van der Waals surface area contributed by atoms with Crippen LogP contribution in [0.4, 0.5) is 0 Å². The van der Waals surface area contributed by atoms with Crippen LogP contribution in [-0.4, -0.2) is 17.0 Å². The summed E-state index contributed by atoms with van der Waals surface area (Å²) in [5.41, 5.74) is 1.05. The van der Waals surface area contributed by atoms with Gasteiger partial charge in [-0.1, -0.05) is 35.3 Å². The lowest BCUT2D eigenvalue weighted by atomic mass is 10.1. The zero-order chi connectivity index (χ0) is 13.7. The summed E-state index contributed by atoms with van der Waals surface area (Å²) in [5, 5.41) is 11.4. The summed E-state index contributed by atoms with van der Waals surface area (Å²) in [6.45, 7) is 0. The van der Waals surface area contributed by atoms with Crippen molar-refractivity contribution in [2.75, 3.05) is 5.75 Å². The van der Waals surface area contributed by atoms with Gasteiger partial charge < -0.3 is 5.11 Å². The Balaban J connectivity index is 1.84. The van der Waals surface area contributed by atoms with Crippen molar-refractivity contribution < 1.29 is 5.11 Å². The summed E-state index contributed by atoms with van der Waals surface area (Å²) in [6, 6.07) is 15.2. The molecule has 0 saturated carbocycles. The van der Waals surface area contributed by atoms with E-state index in [2.05, 4.69) is 0 Å². The number of halogens is 2. The largest absolute Gasteiger partial charge is 0.392 e. The quantitative estimate of drug-likeness (QED) is 0.808. The normalized spacial score (nSPS) is 12.4. The summed E-state index contributed by atoms with van der Waals surface area (Å²) < 4.78 is 0. The molecule has 0 aliphatic heterocycles. The van der Waals surface area contributed by atoms with E-state index in [0.717, 1.165) is 15.5 Å². The smallest absolute Gasteiger partial charge is 0.0674 e. The van der Waals surface area contributed by atoms with E-state index in [-0.39, 0.29) is 6.10 Å². The molecule has 2 aromatic rings. The van der Waals surface area contributed by atoms with Crippen LogP contribution in [0.25, 0.3) is 0 Å². The fourth-order valence-electron chi connectivity index (χ4n) is 1.72. The first kappa shape index (κ1) is 14.7. The van der Waals surface area contributed by atoms with E-state index in [9.17, 15) is 5.11 Å². The topological polar surface area (TPSA) is 20.2 Å². The molecule has 4 heteroatoms. The van der Waals surface area contributed by atoms with Crippen LogP contribution in [0.2, 0.25) is 10.0 Å². The Labute approximate surface area is 127 Å². The van der Waals surface area contributed by atoms with Crippen LogP contribution < -0.4 is 0 Å². The van der Waals surface area contributed by atoms with Gasteiger partial charge in [0.1, 0.15) is 0 Å². The van der Waals surface area contributed by atoms with Crippen LogP contribution >= 0.6 is 35.0 Å². The van der Waals surface area contributed by atoms with Crippen LogP contribution in [0.1, 0.15) is 5.56 Å². The van der Waals surface area contributed by atoms with Gasteiger partial charge in [0, 0.05) is 20.7 Å². The maximum absolute atomic E-state index is 10.0. The summed E-state index contributed by atoms with van der Waals surface area (Å²) in [7, 11) is 0. The number of thioether (sulfide) groups is 1. The number of rotatable bonds is 5.